The molecule has 4 heterocycles. The highest BCUT2D eigenvalue weighted by molar-refractivity contribution is 7.18. The molecule has 1 aliphatic heterocycles. The average molecular weight is 418 g/mol. The van der Waals surface area contributed by atoms with Gasteiger partial charge in [-0.25, -0.2) is 9.97 Å². The standard InChI is InChI=1S/C19H23N5O2S2/c1-13(25)20-4-5-21-18-17-14(15-3-2-10-27-15)12-28-19(17)23-16(22-18)11-24-6-8-26-9-7-24/h2-3,10,12H,4-9,11H2,1H3,(H,20,25)(H,21,22,23). The molecule has 2 N–H and O–H groups in total. The third-order valence-electron chi connectivity index (χ3n) is 4.53. The van der Waals surface area contributed by atoms with Gasteiger partial charge in [-0.05, 0) is 11.4 Å². The fraction of sp³-hybridized carbons (Fsp3) is 0.421. The lowest BCUT2D eigenvalue weighted by atomic mass is 10.2. The van der Waals surface area contributed by atoms with Gasteiger partial charge in [-0.2, -0.15) is 0 Å². The molecule has 0 aromatic carbocycles. The smallest absolute Gasteiger partial charge is 0.216 e. The van der Waals surface area contributed by atoms with E-state index in [1.54, 1.807) is 22.7 Å². The van der Waals surface area contributed by atoms with Crippen molar-refractivity contribution in [1.29, 1.82) is 0 Å². The summed E-state index contributed by atoms with van der Waals surface area (Å²) in [5.74, 6) is 1.62. The second-order valence-corrected chi connectivity index (χ2v) is 8.40. The van der Waals surface area contributed by atoms with Crippen molar-refractivity contribution in [3.05, 3.63) is 28.7 Å². The number of carbonyl (C=O) groups is 1. The molecule has 9 heteroatoms. The first-order valence-electron chi connectivity index (χ1n) is 9.31. The van der Waals surface area contributed by atoms with Crippen LogP contribution in [0.2, 0.25) is 0 Å². The average Bonchev–Trinajstić information content (AvgIpc) is 3.35. The fourth-order valence-corrected chi connectivity index (χ4v) is 4.96. The predicted octanol–water partition coefficient (Wildman–Crippen LogP) is 2.80. The van der Waals surface area contributed by atoms with Crippen molar-refractivity contribution in [2.24, 2.45) is 0 Å². The van der Waals surface area contributed by atoms with Crippen LogP contribution in [0.25, 0.3) is 20.7 Å². The second-order valence-electron chi connectivity index (χ2n) is 6.59. The van der Waals surface area contributed by atoms with Gasteiger partial charge in [0.2, 0.25) is 5.91 Å². The van der Waals surface area contributed by atoms with Crippen LogP contribution in [0.1, 0.15) is 12.7 Å². The number of thiophene rings is 2. The molecule has 3 aromatic heterocycles. The Bertz CT molecular complexity index is 935. The zero-order chi connectivity index (χ0) is 19.3. The number of morpholine rings is 1. The quantitative estimate of drug-likeness (QED) is 0.576. The molecular formula is C19H23N5O2S2. The summed E-state index contributed by atoms with van der Waals surface area (Å²) in [6.07, 6.45) is 0. The topological polar surface area (TPSA) is 79.4 Å². The second kappa shape index (κ2) is 8.95. The molecule has 1 amide bonds. The zero-order valence-electron chi connectivity index (χ0n) is 15.7. The summed E-state index contributed by atoms with van der Waals surface area (Å²) < 4.78 is 5.43. The van der Waals surface area contributed by atoms with Crippen LogP contribution in [0.3, 0.4) is 0 Å². The molecule has 7 nitrogen and oxygen atoms in total. The van der Waals surface area contributed by atoms with E-state index < -0.39 is 0 Å². The Kier molecular flexibility index (Phi) is 6.16. The van der Waals surface area contributed by atoms with Crippen molar-refractivity contribution in [1.82, 2.24) is 20.2 Å². The Morgan fingerprint density at radius 3 is 2.86 bits per heavy atom. The summed E-state index contributed by atoms with van der Waals surface area (Å²) >= 11 is 3.36. The van der Waals surface area contributed by atoms with Gasteiger partial charge in [0.25, 0.3) is 0 Å². The zero-order valence-corrected chi connectivity index (χ0v) is 17.4. The highest BCUT2D eigenvalue weighted by atomic mass is 32.1. The first-order valence-corrected chi connectivity index (χ1v) is 11.1. The normalized spacial score (nSPS) is 15.0. The van der Waals surface area contributed by atoms with Crippen molar-refractivity contribution in [2.45, 2.75) is 13.5 Å². The SMILES string of the molecule is CC(=O)NCCNc1nc(CN2CCOCC2)nc2scc(-c3cccs3)c12. The highest BCUT2D eigenvalue weighted by Crippen LogP contribution is 2.38. The minimum Gasteiger partial charge on any atom is -0.379 e. The minimum atomic E-state index is -0.0301. The van der Waals surface area contributed by atoms with E-state index in [0.717, 1.165) is 53.7 Å². The van der Waals surface area contributed by atoms with Crippen LogP contribution in [0, 0.1) is 0 Å². The lowest BCUT2D eigenvalue weighted by molar-refractivity contribution is -0.118. The lowest BCUT2D eigenvalue weighted by Crippen LogP contribution is -2.36. The molecule has 4 rings (SSSR count). The maximum Gasteiger partial charge on any atom is 0.216 e. The summed E-state index contributed by atoms with van der Waals surface area (Å²) in [5.41, 5.74) is 1.16. The molecular weight excluding hydrogens is 394 g/mol. The number of aromatic nitrogens is 2. The summed E-state index contributed by atoms with van der Waals surface area (Å²) in [6, 6.07) is 4.18. The van der Waals surface area contributed by atoms with Crippen LogP contribution in [0.15, 0.2) is 22.9 Å². The van der Waals surface area contributed by atoms with Gasteiger partial charge < -0.3 is 15.4 Å². The molecule has 0 bridgehead atoms. The molecule has 0 radical (unpaired) electrons. The Hall–Kier alpha value is -2.07. The van der Waals surface area contributed by atoms with Crippen LogP contribution in [-0.4, -0.2) is 60.2 Å². The number of ether oxygens (including phenoxy) is 1. The van der Waals surface area contributed by atoms with Crippen LogP contribution in [0.5, 0.6) is 0 Å². The molecule has 0 spiro atoms. The number of amides is 1. The number of carbonyl (C=O) groups excluding carboxylic acids is 1. The maximum absolute atomic E-state index is 11.1. The van der Waals surface area contributed by atoms with Crippen molar-refractivity contribution in [2.75, 3.05) is 44.7 Å². The molecule has 28 heavy (non-hydrogen) atoms. The summed E-state index contributed by atoms with van der Waals surface area (Å²) in [7, 11) is 0. The third kappa shape index (κ3) is 4.49. The largest absolute Gasteiger partial charge is 0.379 e. The first kappa shape index (κ1) is 19.3. The number of rotatable bonds is 7. The Labute approximate surface area is 171 Å². The monoisotopic (exact) mass is 417 g/mol. The van der Waals surface area contributed by atoms with Gasteiger partial charge in [-0.15, -0.1) is 22.7 Å². The van der Waals surface area contributed by atoms with Crippen molar-refractivity contribution in [3.8, 4) is 10.4 Å². The summed E-state index contributed by atoms with van der Waals surface area (Å²) in [6.45, 7) is 6.72. The van der Waals surface area contributed by atoms with Gasteiger partial charge in [0.15, 0.2) is 0 Å². The fourth-order valence-electron chi connectivity index (χ4n) is 3.18. The van der Waals surface area contributed by atoms with Gasteiger partial charge in [0.05, 0.1) is 25.1 Å². The number of hydrogen-bond donors (Lipinski definition) is 2. The maximum atomic E-state index is 11.1. The number of anilines is 1. The van der Waals surface area contributed by atoms with Crippen molar-refractivity contribution >= 4 is 44.6 Å². The van der Waals surface area contributed by atoms with E-state index in [2.05, 4.69) is 38.4 Å². The highest BCUT2D eigenvalue weighted by Gasteiger charge is 2.18. The van der Waals surface area contributed by atoms with Crippen LogP contribution >= 0.6 is 22.7 Å². The van der Waals surface area contributed by atoms with Gasteiger partial charge in [0.1, 0.15) is 16.5 Å². The summed E-state index contributed by atoms with van der Waals surface area (Å²) in [5, 5.41) is 11.5. The molecule has 148 valence electrons. The van der Waals surface area contributed by atoms with Crippen LogP contribution in [0.4, 0.5) is 5.82 Å². The van der Waals surface area contributed by atoms with Gasteiger partial charge >= 0.3 is 0 Å². The third-order valence-corrected chi connectivity index (χ3v) is 6.30. The van der Waals surface area contributed by atoms with E-state index in [-0.39, 0.29) is 5.91 Å². The predicted molar refractivity (Wildman–Crippen MR) is 114 cm³/mol. The Balaban J connectivity index is 1.63. The first-order chi connectivity index (χ1) is 13.7. The lowest BCUT2D eigenvalue weighted by Gasteiger charge is -2.25. The van der Waals surface area contributed by atoms with E-state index in [1.165, 1.54) is 11.8 Å². The minimum absolute atomic E-state index is 0.0301. The van der Waals surface area contributed by atoms with Crippen LogP contribution in [-0.2, 0) is 16.1 Å². The molecule has 0 atom stereocenters. The molecule has 0 aliphatic carbocycles. The number of nitrogens with zero attached hydrogens (tertiary/aromatic N) is 3. The Morgan fingerprint density at radius 2 is 2.11 bits per heavy atom. The molecule has 1 saturated heterocycles. The van der Waals surface area contributed by atoms with E-state index in [4.69, 9.17) is 14.7 Å². The molecule has 1 aliphatic rings. The summed E-state index contributed by atoms with van der Waals surface area (Å²) in [4.78, 5) is 25.3. The number of nitrogens with one attached hydrogen (secondary N) is 2. The van der Waals surface area contributed by atoms with Crippen LogP contribution < -0.4 is 10.6 Å². The number of hydrogen-bond acceptors (Lipinski definition) is 8. The van der Waals surface area contributed by atoms with E-state index >= 15 is 0 Å². The number of fused-ring (bicyclic) bond motifs is 1. The van der Waals surface area contributed by atoms with Gasteiger partial charge in [-0.3, -0.25) is 9.69 Å². The van der Waals surface area contributed by atoms with E-state index in [0.29, 0.717) is 19.6 Å². The Morgan fingerprint density at radius 1 is 1.25 bits per heavy atom. The van der Waals surface area contributed by atoms with Gasteiger partial charge in [-0.1, -0.05) is 6.07 Å². The molecule has 3 aromatic rings. The molecule has 0 saturated carbocycles. The molecule has 1 fully saturated rings. The van der Waals surface area contributed by atoms with Gasteiger partial charge in [0, 0.05) is 48.9 Å². The van der Waals surface area contributed by atoms with E-state index in [1.807, 2.05) is 0 Å². The van der Waals surface area contributed by atoms with E-state index in [9.17, 15) is 4.79 Å². The van der Waals surface area contributed by atoms with Crippen molar-refractivity contribution < 1.29 is 9.53 Å². The molecule has 0 unspecified atom stereocenters. The van der Waals surface area contributed by atoms with Crippen molar-refractivity contribution in [3.63, 3.8) is 0 Å².